The minimum absolute atomic E-state index is 0.0749. The molecule has 0 aliphatic carbocycles. The summed E-state index contributed by atoms with van der Waals surface area (Å²) in [7, 11) is 0. The highest BCUT2D eigenvalue weighted by Gasteiger charge is 2.32. The van der Waals surface area contributed by atoms with Crippen LogP contribution < -0.4 is 4.74 Å². The molecule has 9 nitrogen and oxygen atoms in total. The van der Waals surface area contributed by atoms with Gasteiger partial charge in [0.15, 0.2) is 0 Å². The van der Waals surface area contributed by atoms with E-state index in [2.05, 4.69) is 9.97 Å². The molecule has 0 radical (unpaired) electrons. The van der Waals surface area contributed by atoms with Crippen molar-refractivity contribution in [1.29, 1.82) is 0 Å². The number of carbonyl (C=O) groups excluding carboxylic acids is 1. The number of fused-ring (bicyclic) bond motifs is 1. The summed E-state index contributed by atoms with van der Waals surface area (Å²) in [6.45, 7) is -0.00636. The van der Waals surface area contributed by atoms with E-state index < -0.39 is 18.6 Å². The van der Waals surface area contributed by atoms with Gasteiger partial charge in [-0.1, -0.05) is 6.07 Å². The molecule has 0 bridgehead atoms. The second-order valence-corrected chi connectivity index (χ2v) is 7.45. The van der Waals surface area contributed by atoms with Gasteiger partial charge in [0.1, 0.15) is 11.4 Å². The number of amides is 2. The molecule has 1 aliphatic heterocycles. The Morgan fingerprint density at radius 3 is 2.64 bits per heavy atom. The first-order valence-electron chi connectivity index (χ1n) is 10.1. The van der Waals surface area contributed by atoms with Gasteiger partial charge in [0, 0.05) is 42.8 Å². The Labute approximate surface area is 186 Å². The van der Waals surface area contributed by atoms with Crippen LogP contribution in [0.1, 0.15) is 22.5 Å². The first-order valence-corrected chi connectivity index (χ1v) is 10.1. The zero-order valence-electron chi connectivity index (χ0n) is 17.3. The minimum atomic E-state index is -2.61. The molecule has 4 rings (SSSR count). The molecule has 3 heterocycles. The van der Waals surface area contributed by atoms with Gasteiger partial charge in [0.25, 0.3) is 12.3 Å². The third-order valence-electron chi connectivity index (χ3n) is 5.34. The molecule has 0 unspecified atom stereocenters. The SMILES string of the molecule is O=C(c1ccc2cc(Oc3ccc(C(F)F)cn3)ccc2n1)N1CCN(C(=O)O)[C@H](CO)C1. The van der Waals surface area contributed by atoms with E-state index in [1.165, 1.54) is 17.0 Å². The number of piperazine rings is 1. The number of hydrogen-bond donors (Lipinski definition) is 2. The van der Waals surface area contributed by atoms with Gasteiger partial charge in [0.05, 0.1) is 18.2 Å². The van der Waals surface area contributed by atoms with Crippen LogP contribution in [0, 0.1) is 0 Å². The van der Waals surface area contributed by atoms with Crippen LogP contribution in [0.4, 0.5) is 13.6 Å². The van der Waals surface area contributed by atoms with E-state index in [0.29, 0.717) is 16.7 Å². The highest BCUT2D eigenvalue weighted by molar-refractivity contribution is 5.95. The predicted octanol–water partition coefficient (Wildman–Crippen LogP) is 3.16. The van der Waals surface area contributed by atoms with Crippen LogP contribution >= 0.6 is 0 Å². The lowest BCUT2D eigenvalue weighted by Crippen LogP contribution is -2.57. The van der Waals surface area contributed by atoms with Gasteiger partial charge in [-0.15, -0.1) is 0 Å². The number of rotatable bonds is 5. The van der Waals surface area contributed by atoms with Crippen LogP contribution in [-0.2, 0) is 0 Å². The largest absolute Gasteiger partial charge is 0.465 e. The van der Waals surface area contributed by atoms with Crippen LogP contribution in [0.25, 0.3) is 10.9 Å². The molecule has 3 aromatic rings. The second-order valence-electron chi connectivity index (χ2n) is 7.45. The molecule has 2 aromatic heterocycles. The molecule has 1 saturated heterocycles. The van der Waals surface area contributed by atoms with Crippen LogP contribution in [-0.4, -0.2) is 74.3 Å². The molecule has 0 spiro atoms. The number of aromatic nitrogens is 2. The van der Waals surface area contributed by atoms with Crippen molar-refractivity contribution < 1.29 is 33.3 Å². The number of carbonyl (C=O) groups is 2. The topological polar surface area (TPSA) is 116 Å². The molecular formula is C22H20F2N4O5. The van der Waals surface area contributed by atoms with E-state index in [1.54, 1.807) is 30.3 Å². The van der Waals surface area contributed by atoms with Gasteiger partial charge in [-0.05, 0) is 30.3 Å². The normalized spacial score (nSPS) is 16.3. The van der Waals surface area contributed by atoms with Crippen molar-refractivity contribution in [3.63, 3.8) is 0 Å². The molecule has 0 saturated carbocycles. The third-order valence-corrected chi connectivity index (χ3v) is 5.34. The molecule has 11 heteroatoms. The first kappa shape index (κ1) is 22.3. The maximum absolute atomic E-state index is 12.9. The van der Waals surface area contributed by atoms with E-state index in [1.807, 2.05) is 0 Å². The molecule has 33 heavy (non-hydrogen) atoms. The monoisotopic (exact) mass is 458 g/mol. The number of hydrogen-bond acceptors (Lipinski definition) is 6. The second kappa shape index (κ2) is 9.33. The summed E-state index contributed by atoms with van der Waals surface area (Å²) in [5, 5.41) is 19.4. The molecule has 2 N–H and O–H groups in total. The first-order chi connectivity index (χ1) is 15.9. The molecule has 172 valence electrons. The van der Waals surface area contributed by atoms with E-state index in [0.717, 1.165) is 11.1 Å². The van der Waals surface area contributed by atoms with Crippen LogP contribution in [0.15, 0.2) is 48.7 Å². The van der Waals surface area contributed by atoms with Crippen molar-refractivity contribution in [2.75, 3.05) is 26.2 Å². The Kier molecular flexibility index (Phi) is 6.31. The highest BCUT2D eigenvalue weighted by atomic mass is 19.3. The summed E-state index contributed by atoms with van der Waals surface area (Å²) in [6.07, 6.45) is -2.69. The van der Waals surface area contributed by atoms with Gasteiger partial charge < -0.3 is 19.8 Å². The van der Waals surface area contributed by atoms with Crippen molar-refractivity contribution in [1.82, 2.24) is 19.8 Å². The van der Waals surface area contributed by atoms with E-state index in [-0.39, 0.29) is 49.3 Å². The fourth-order valence-corrected chi connectivity index (χ4v) is 3.60. The number of benzene rings is 1. The number of aliphatic hydroxyl groups excluding tert-OH is 1. The van der Waals surface area contributed by atoms with Crippen molar-refractivity contribution in [2.24, 2.45) is 0 Å². The van der Waals surface area contributed by atoms with Crippen molar-refractivity contribution in [3.05, 3.63) is 59.9 Å². The molecule has 1 fully saturated rings. The molecule has 2 amide bonds. The van der Waals surface area contributed by atoms with Crippen molar-refractivity contribution >= 4 is 22.9 Å². The number of ether oxygens (including phenoxy) is 1. The number of alkyl halides is 2. The van der Waals surface area contributed by atoms with Gasteiger partial charge in [-0.25, -0.2) is 23.5 Å². The smallest absolute Gasteiger partial charge is 0.407 e. The van der Waals surface area contributed by atoms with Gasteiger partial charge in [-0.3, -0.25) is 9.69 Å². The summed E-state index contributed by atoms with van der Waals surface area (Å²) in [6, 6.07) is 10.1. The van der Waals surface area contributed by atoms with Gasteiger partial charge in [0.2, 0.25) is 5.88 Å². The van der Waals surface area contributed by atoms with E-state index >= 15 is 0 Å². The third kappa shape index (κ3) is 4.82. The Morgan fingerprint density at radius 1 is 1.15 bits per heavy atom. The molecule has 1 atom stereocenters. The summed E-state index contributed by atoms with van der Waals surface area (Å²) >= 11 is 0. The molecule has 1 aliphatic rings. The maximum Gasteiger partial charge on any atom is 0.407 e. The van der Waals surface area contributed by atoms with E-state index in [9.17, 15) is 28.6 Å². The molecular weight excluding hydrogens is 438 g/mol. The molecule has 1 aromatic carbocycles. The van der Waals surface area contributed by atoms with Crippen LogP contribution in [0.5, 0.6) is 11.6 Å². The average Bonchev–Trinajstić information content (AvgIpc) is 2.83. The zero-order valence-corrected chi connectivity index (χ0v) is 17.3. The number of halogens is 2. The summed E-state index contributed by atoms with van der Waals surface area (Å²) in [4.78, 5) is 35.0. The fourth-order valence-electron chi connectivity index (χ4n) is 3.60. The Hall–Kier alpha value is -3.86. The average molecular weight is 458 g/mol. The highest BCUT2D eigenvalue weighted by Crippen LogP contribution is 2.26. The summed E-state index contributed by atoms with van der Waals surface area (Å²) < 4.78 is 30.9. The van der Waals surface area contributed by atoms with Crippen LogP contribution in [0.2, 0.25) is 0 Å². The quantitative estimate of drug-likeness (QED) is 0.603. The zero-order chi connectivity index (χ0) is 23.5. The summed E-state index contributed by atoms with van der Waals surface area (Å²) in [5.41, 5.74) is 0.537. The number of aliphatic hydroxyl groups is 1. The fraction of sp³-hybridized carbons (Fsp3) is 0.273. The summed E-state index contributed by atoms with van der Waals surface area (Å²) in [5.74, 6) is 0.234. The Morgan fingerprint density at radius 2 is 1.97 bits per heavy atom. The Balaban J connectivity index is 1.48. The number of carboxylic acid groups (broad SMARTS) is 1. The lowest BCUT2D eigenvalue weighted by atomic mass is 10.1. The van der Waals surface area contributed by atoms with E-state index in [4.69, 9.17) is 4.74 Å². The lowest BCUT2D eigenvalue weighted by molar-refractivity contribution is 0.0334. The van der Waals surface area contributed by atoms with Gasteiger partial charge >= 0.3 is 6.09 Å². The number of nitrogens with zero attached hydrogens (tertiary/aromatic N) is 4. The standard InChI is InChI=1S/C22H20F2N4O5/c23-20(24)14-2-6-19(25-10-14)33-16-3-5-17-13(9-16)1-4-18(26-17)21(30)27-7-8-28(22(31)32)15(11-27)12-29/h1-6,9-10,15,20,29H,7-8,11-12H2,(H,31,32)/t15-/m0/s1. The minimum Gasteiger partial charge on any atom is -0.465 e. The maximum atomic E-state index is 12.9. The number of pyridine rings is 2. The van der Waals surface area contributed by atoms with Gasteiger partial charge in [-0.2, -0.15) is 0 Å². The van der Waals surface area contributed by atoms with Crippen molar-refractivity contribution in [3.8, 4) is 11.6 Å². The lowest BCUT2D eigenvalue weighted by Gasteiger charge is -2.38. The predicted molar refractivity (Wildman–Crippen MR) is 113 cm³/mol. The Bertz CT molecular complexity index is 1180. The van der Waals surface area contributed by atoms with Crippen molar-refractivity contribution in [2.45, 2.75) is 12.5 Å². The van der Waals surface area contributed by atoms with Crippen LogP contribution in [0.3, 0.4) is 0 Å².